The van der Waals surface area contributed by atoms with Gasteiger partial charge in [-0.05, 0) is 36.1 Å². The lowest BCUT2D eigenvalue weighted by molar-refractivity contribution is 0.281. The van der Waals surface area contributed by atoms with E-state index in [1.165, 1.54) is 36.8 Å². The fourth-order valence-electron chi connectivity index (χ4n) is 3.32. The van der Waals surface area contributed by atoms with Gasteiger partial charge in [0.1, 0.15) is 0 Å². The minimum atomic E-state index is 0.545. The van der Waals surface area contributed by atoms with Crippen LogP contribution in [-0.2, 0) is 13.1 Å². The summed E-state index contributed by atoms with van der Waals surface area (Å²) in [6.07, 6.45) is 5.15. The Morgan fingerprint density at radius 3 is 1.83 bits per heavy atom. The molecular weight excluding hydrogens is 304 g/mol. The minimum Gasteiger partial charge on any atom is -0.308 e. The molecule has 23 heavy (non-hydrogen) atoms. The molecule has 0 saturated heterocycles. The molecule has 122 valence electrons. The van der Waals surface area contributed by atoms with Crippen LogP contribution >= 0.6 is 11.6 Å². The number of hydrogen-bond donors (Lipinski definition) is 2. The van der Waals surface area contributed by atoms with Gasteiger partial charge in [-0.25, -0.2) is 0 Å². The smallest absolute Gasteiger partial charge is 0.0406 e. The molecule has 2 aromatic carbocycles. The SMILES string of the molecule is Clc1ccc(CNC2CCCCC2NCc2ccccc2)cc1. The van der Waals surface area contributed by atoms with Gasteiger partial charge in [0.05, 0.1) is 0 Å². The summed E-state index contributed by atoms with van der Waals surface area (Å²) in [5.74, 6) is 0. The first-order chi connectivity index (χ1) is 11.3. The summed E-state index contributed by atoms with van der Waals surface area (Å²) < 4.78 is 0. The van der Waals surface area contributed by atoms with Gasteiger partial charge in [0.2, 0.25) is 0 Å². The van der Waals surface area contributed by atoms with Crippen LogP contribution in [0.15, 0.2) is 54.6 Å². The summed E-state index contributed by atoms with van der Waals surface area (Å²) in [5.41, 5.74) is 2.65. The lowest BCUT2D eigenvalue weighted by atomic mass is 9.90. The summed E-state index contributed by atoms with van der Waals surface area (Å²) >= 11 is 5.95. The van der Waals surface area contributed by atoms with Crippen molar-refractivity contribution < 1.29 is 0 Å². The second kappa shape index (κ2) is 8.49. The Morgan fingerprint density at radius 1 is 0.739 bits per heavy atom. The van der Waals surface area contributed by atoms with Crippen LogP contribution in [0.5, 0.6) is 0 Å². The minimum absolute atomic E-state index is 0.545. The Hall–Kier alpha value is -1.35. The van der Waals surface area contributed by atoms with E-state index in [-0.39, 0.29) is 0 Å². The van der Waals surface area contributed by atoms with Gasteiger partial charge in [0.25, 0.3) is 0 Å². The maximum Gasteiger partial charge on any atom is 0.0406 e. The van der Waals surface area contributed by atoms with E-state index in [4.69, 9.17) is 11.6 Å². The summed E-state index contributed by atoms with van der Waals surface area (Å²) in [4.78, 5) is 0. The van der Waals surface area contributed by atoms with Crippen molar-refractivity contribution in [2.75, 3.05) is 0 Å². The van der Waals surface area contributed by atoms with Crippen molar-refractivity contribution in [2.45, 2.75) is 50.9 Å². The van der Waals surface area contributed by atoms with Gasteiger partial charge in [-0.3, -0.25) is 0 Å². The second-order valence-electron chi connectivity index (χ2n) is 6.37. The van der Waals surface area contributed by atoms with E-state index in [1.54, 1.807) is 0 Å². The molecule has 1 aliphatic rings. The van der Waals surface area contributed by atoms with E-state index in [9.17, 15) is 0 Å². The van der Waals surface area contributed by atoms with E-state index >= 15 is 0 Å². The molecule has 2 N–H and O–H groups in total. The van der Waals surface area contributed by atoms with Gasteiger partial charge in [-0.2, -0.15) is 0 Å². The molecule has 1 saturated carbocycles. The Balaban J connectivity index is 1.52. The Labute approximate surface area is 144 Å². The molecule has 0 amide bonds. The highest BCUT2D eigenvalue weighted by atomic mass is 35.5. The zero-order chi connectivity index (χ0) is 15.9. The Bertz CT molecular complexity index is 582. The highest BCUT2D eigenvalue weighted by Gasteiger charge is 2.24. The largest absolute Gasteiger partial charge is 0.308 e. The lowest BCUT2D eigenvalue weighted by Gasteiger charge is -2.33. The van der Waals surface area contributed by atoms with Crippen molar-refractivity contribution in [1.29, 1.82) is 0 Å². The van der Waals surface area contributed by atoms with Crippen LogP contribution in [0.1, 0.15) is 36.8 Å². The molecule has 0 heterocycles. The second-order valence-corrected chi connectivity index (χ2v) is 6.81. The van der Waals surface area contributed by atoms with Crippen LogP contribution in [0, 0.1) is 0 Å². The Morgan fingerprint density at radius 2 is 1.26 bits per heavy atom. The topological polar surface area (TPSA) is 24.1 Å². The average molecular weight is 329 g/mol. The summed E-state index contributed by atoms with van der Waals surface area (Å²) in [6, 6.07) is 19.9. The molecule has 2 unspecified atom stereocenters. The normalized spacial score (nSPS) is 21.3. The molecule has 0 spiro atoms. The predicted octanol–water partition coefficient (Wildman–Crippen LogP) is 4.53. The van der Waals surface area contributed by atoms with Crippen LogP contribution in [0.3, 0.4) is 0 Å². The predicted molar refractivity (Wildman–Crippen MR) is 97.6 cm³/mol. The molecule has 2 aromatic rings. The van der Waals surface area contributed by atoms with Crippen molar-refractivity contribution in [3.8, 4) is 0 Å². The number of benzene rings is 2. The maximum atomic E-state index is 5.95. The monoisotopic (exact) mass is 328 g/mol. The molecular formula is C20H25ClN2. The van der Waals surface area contributed by atoms with Gasteiger partial charge in [-0.1, -0.05) is 66.9 Å². The zero-order valence-electron chi connectivity index (χ0n) is 13.5. The molecule has 1 aliphatic carbocycles. The quantitative estimate of drug-likeness (QED) is 0.814. The standard InChI is InChI=1S/C20H25ClN2/c21-18-12-10-17(11-13-18)15-23-20-9-5-4-8-19(20)22-14-16-6-2-1-3-7-16/h1-3,6-7,10-13,19-20,22-23H,4-5,8-9,14-15H2. The number of nitrogens with one attached hydrogen (secondary N) is 2. The lowest BCUT2D eigenvalue weighted by Crippen LogP contribution is -2.49. The molecule has 0 radical (unpaired) electrons. The van der Waals surface area contributed by atoms with Gasteiger partial charge in [-0.15, -0.1) is 0 Å². The molecule has 2 atom stereocenters. The first kappa shape index (κ1) is 16.5. The fraction of sp³-hybridized carbons (Fsp3) is 0.400. The molecule has 1 fully saturated rings. The van der Waals surface area contributed by atoms with Gasteiger partial charge < -0.3 is 10.6 Å². The van der Waals surface area contributed by atoms with Crippen LogP contribution < -0.4 is 10.6 Å². The maximum absolute atomic E-state index is 5.95. The third kappa shape index (κ3) is 5.07. The third-order valence-electron chi connectivity index (χ3n) is 4.66. The van der Waals surface area contributed by atoms with E-state index in [0.29, 0.717) is 12.1 Å². The van der Waals surface area contributed by atoms with E-state index in [0.717, 1.165) is 18.1 Å². The van der Waals surface area contributed by atoms with Gasteiger partial charge in [0.15, 0.2) is 0 Å². The average Bonchev–Trinajstić information content (AvgIpc) is 2.61. The highest BCUT2D eigenvalue weighted by Crippen LogP contribution is 2.20. The molecule has 3 rings (SSSR count). The molecule has 3 heteroatoms. The molecule has 2 nitrogen and oxygen atoms in total. The van der Waals surface area contributed by atoms with E-state index in [2.05, 4.69) is 53.1 Å². The van der Waals surface area contributed by atoms with Crippen LogP contribution in [0.25, 0.3) is 0 Å². The third-order valence-corrected chi connectivity index (χ3v) is 4.91. The van der Waals surface area contributed by atoms with Crippen molar-refractivity contribution in [3.05, 3.63) is 70.7 Å². The summed E-state index contributed by atoms with van der Waals surface area (Å²) in [7, 11) is 0. The highest BCUT2D eigenvalue weighted by molar-refractivity contribution is 6.30. The first-order valence-corrected chi connectivity index (χ1v) is 8.94. The van der Waals surface area contributed by atoms with Crippen molar-refractivity contribution >= 4 is 11.6 Å². The molecule has 0 aliphatic heterocycles. The van der Waals surface area contributed by atoms with Crippen LogP contribution in [0.4, 0.5) is 0 Å². The fourth-order valence-corrected chi connectivity index (χ4v) is 3.44. The van der Waals surface area contributed by atoms with Crippen LogP contribution in [-0.4, -0.2) is 12.1 Å². The van der Waals surface area contributed by atoms with E-state index < -0.39 is 0 Å². The van der Waals surface area contributed by atoms with Crippen molar-refractivity contribution in [2.24, 2.45) is 0 Å². The van der Waals surface area contributed by atoms with Crippen molar-refractivity contribution in [1.82, 2.24) is 10.6 Å². The number of rotatable bonds is 6. The first-order valence-electron chi connectivity index (χ1n) is 8.56. The molecule has 0 bridgehead atoms. The zero-order valence-corrected chi connectivity index (χ0v) is 14.2. The van der Waals surface area contributed by atoms with Gasteiger partial charge >= 0.3 is 0 Å². The van der Waals surface area contributed by atoms with Crippen molar-refractivity contribution in [3.63, 3.8) is 0 Å². The summed E-state index contributed by atoms with van der Waals surface area (Å²) in [6.45, 7) is 1.86. The van der Waals surface area contributed by atoms with Gasteiger partial charge in [0, 0.05) is 30.2 Å². The summed E-state index contributed by atoms with van der Waals surface area (Å²) in [5, 5.41) is 8.29. The van der Waals surface area contributed by atoms with E-state index in [1.807, 2.05) is 12.1 Å². The number of hydrogen-bond acceptors (Lipinski definition) is 2. The Kier molecular flexibility index (Phi) is 6.09. The molecule has 0 aromatic heterocycles. The van der Waals surface area contributed by atoms with Crippen LogP contribution in [0.2, 0.25) is 5.02 Å². The number of halogens is 1.